The van der Waals surface area contributed by atoms with E-state index in [4.69, 9.17) is 9.84 Å². The fourth-order valence-electron chi connectivity index (χ4n) is 1.55. The number of nitrogens with zero attached hydrogens (tertiary/aromatic N) is 1. The maximum atomic E-state index is 12.0. The van der Waals surface area contributed by atoms with Crippen LogP contribution in [0.15, 0.2) is 0 Å². The van der Waals surface area contributed by atoms with E-state index in [0.717, 1.165) is 4.31 Å². The van der Waals surface area contributed by atoms with Gasteiger partial charge in [0.15, 0.2) is 0 Å². The second kappa shape index (κ2) is 8.44. The molecule has 0 aromatic carbocycles. The van der Waals surface area contributed by atoms with Crippen LogP contribution in [0.1, 0.15) is 27.2 Å². The maximum absolute atomic E-state index is 12.0. The van der Waals surface area contributed by atoms with Gasteiger partial charge >= 0.3 is 5.97 Å². The van der Waals surface area contributed by atoms with Gasteiger partial charge < -0.3 is 9.84 Å². The van der Waals surface area contributed by atoms with Crippen LogP contribution in [0.4, 0.5) is 0 Å². The van der Waals surface area contributed by atoms with Crippen LogP contribution in [0.2, 0.25) is 0 Å². The maximum Gasteiger partial charge on any atom is 0.318 e. The van der Waals surface area contributed by atoms with Gasteiger partial charge in [0, 0.05) is 13.2 Å². The molecule has 1 unspecified atom stereocenters. The summed E-state index contributed by atoms with van der Waals surface area (Å²) in [4.78, 5) is 10.7. The summed E-state index contributed by atoms with van der Waals surface area (Å²) in [6.07, 6.45) is 0.590. The molecule has 0 aromatic heterocycles. The van der Waals surface area contributed by atoms with E-state index in [1.807, 2.05) is 13.8 Å². The Morgan fingerprint density at radius 2 is 2.00 bits per heavy atom. The molecule has 108 valence electrons. The van der Waals surface area contributed by atoms with Crippen molar-refractivity contribution in [2.75, 3.05) is 32.1 Å². The number of ether oxygens (including phenoxy) is 1. The number of rotatable bonds is 10. The van der Waals surface area contributed by atoms with Crippen LogP contribution >= 0.6 is 0 Å². The van der Waals surface area contributed by atoms with Gasteiger partial charge in [0.1, 0.15) is 6.54 Å². The van der Waals surface area contributed by atoms with E-state index in [0.29, 0.717) is 19.6 Å². The van der Waals surface area contributed by atoms with Crippen molar-refractivity contribution in [1.82, 2.24) is 4.31 Å². The zero-order valence-corrected chi connectivity index (χ0v) is 12.1. The van der Waals surface area contributed by atoms with Crippen LogP contribution in [-0.4, -0.2) is 55.9 Å². The summed E-state index contributed by atoms with van der Waals surface area (Å²) in [6.45, 7) is 6.09. The van der Waals surface area contributed by atoms with Crippen LogP contribution in [0.25, 0.3) is 0 Å². The van der Waals surface area contributed by atoms with Gasteiger partial charge in [-0.05, 0) is 19.3 Å². The summed E-state index contributed by atoms with van der Waals surface area (Å²) < 4.78 is 30.3. The van der Waals surface area contributed by atoms with Crippen molar-refractivity contribution in [2.24, 2.45) is 5.92 Å². The van der Waals surface area contributed by atoms with Crippen LogP contribution in [0.3, 0.4) is 0 Å². The van der Waals surface area contributed by atoms with Gasteiger partial charge in [-0.3, -0.25) is 4.79 Å². The molecule has 0 spiro atoms. The molecule has 0 bridgehead atoms. The number of carboxylic acids is 1. The number of carbonyl (C=O) groups is 1. The Bertz CT molecular complexity index is 341. The van der Waals surface area contributed by atoms with Gasteiger partial charge in [0.25, 0.3) is 0 Å². The minimum absolute atomic E-state index is 0.0831. The van der Waals surface area contributed by atoms with Gasteiger partial charge in [-0.15, -0.1) is 0 Å². The van der Waals surface area contributed by atoms with Crippen LogP contribution in [-0.2, 0) is 19.6 Å². The number of hydrogen-bond acceptors (Lipinski definition) is 4. The summed E-state index contributed by atoms with van der Waals surface area (Å²) in [5, 5.41) is 8.72. The lowest BCUT2D eigenvalue weighted by Gasteiger charge is -2.21. The van der Waals surface area contributed by atoms with Crippen LogP contribution in [0, 0.1) is 5.92 Å². The molecule has 1 N–H and O–H groups in total. The largest absolute Gasteiger partial charge is 0.480 e. The fourth-order valence-corrected chi connectivity index (χ4v) is 3.34. The van der Waals surface area contributed by atoms with E-state index < -0.39 is 22.5 Å². The SMILES string of the molecule is CCCN(CC(=O)O)S(=O)(=O)CC(C)COCC. The lowest BCUT2D eigenvalue weighted by molar-refractivity contribution is -0.137. The first-order valence-electron chi connectivity index (χ1n) is 6.10. The van der Waals surface area contributed by atoms with Crippen molar-refractivity contribution < 1.29 is 23.1 Å². The summed E-state index contributed by atoms with van der Waals surface area (Å²) in [5.41, 5.74) is 0. The lowest BCUT2D eigenvalue weighted by atomic mass is 10.2. The number of aliphatic carboxylic acids is 1. The van der Waals surface area contributed by atoms with Crippen LogP contribution < -0.4 is 0 Å². The van der Waals surface area contributed by atoms with Crippen molar-refractivity contribution in [3.63, 3.8) is 0 Å². The molecule has 7 heteroatoms. The molecular formula is C11H23NO5S. The van der Waals surface area contributed by atoms with Crippen molar-refractivity contribution in [1.29, 1.82) is 0 Å². The van der Waals surface area contributed by atoms with Gasteiger partial charge in [0.2, 0.25) is 10.0 Å². The first kappa shape index (κ1) is 17.3. The number of hydrogen-bond donors (Lipinski definition) is 1. The van der Waals surface area contributed by atoms with E-state index in [2.05, 4.69) is 0 Å². The third kappa shape index (κ3) is 6.93. The fraction of sp³-hybridized carbons (Fsp3) is 0.909. The molecule has 0 aromatic rings. The molecule has 0 saturated heterocycles. The predicted molar refractivity (Wildman–Crippen MR) is 68.9 cm³/mol. The third-order valence-corrected chi connectivity index (χ3v) is 4.37. The minimum atomic E-state index is -3.54. The normalized spacial score (nSPS) is 13.8. The summed E-state index contributed by atoms with van der Waals surface area (Å²) in [6, 6.07) is 0. The number of carboxylic acid groups (broad SMARTS) is 1. The van der Waals surface area contributed by atoms with Gasteiger partial charge in [-0.1, -0.05) is 13.8 Å². The topological polar surface area (TPSA) is 83.9 Å². The molecule has 1 atom stereocenters. The van der Waals surface area contributed by atoms with E-state index in [1.54, 1.807) is 6.92 Å². The summed E-state index contributed by atoms with van der Waals surface area (Å²) in [5.74, 6) is -1.37. The standard InChI is InChI=1S/C11H23NO5S/c1-4-6-12(7-11(13)14)18(15,16)9-10(3)8-17-5-2/h10H,4-9H2,1-3H3,(H,13,14). The summed E-state index contributed by atoms with van der Waals surface area (Å²) >= 11 is 0. The highest BCUT2D eigenvalue weighted by Gasteiger charge is 2.25. The molecule has 0 radical (unpaired) electrons. The first-order valence-corrected chi connectivity index (χ1v) is 7.71. The molecule has 18 heavy (non-hydrogen) atoms. The second-order valence-corrected chi connectivity index (χ2v) is 6.28. The molecule has 0 aliphatic rings. The molecule has 0 fully saturated rings. The Kier molecular flexibility index (Phi) is 8.13. The minimum Gasteiger partial charge on any atom is -0.480 e. The smallest absolute Gasteiger partial charge is 0.318 e. The van der Waals surface area contributed by atoms with E-state index in [9.17, 15) is 13.2 Å². The van der Waals surface area contributed by atoms with Crippen molar-refractivity contribution in [2.45, 2.75) is 27.2 Å². The lowest BCUT2D eigenvalue weighted by Crippen LogP contribution is -2.39. The molecule has 0 amide bonds. The zero-order valence-electron chi connectivity index (χ0n) is 11.3. The molecule has 0 aliphatic heterocycles. The van der Waals surface area contributed by atoms with Crippen molar-refractivity contribution >= 4 is 16.0 Å². The number of sulfonamides is 1. The molecular weight excluding hydrogens is 258 g/mol. The van der Waals surface area contributed by atoms with Crippen LogP contribution in [0.5, 0.6) is 0 Å². The van der Waals surface area contributed by atoms with Gasteiger partial charge in [-0.2, -0.15) is 4.31 Å². The quantitative estimate of drug-likeness (QED) is 0.640. The Balaban J connectivity index is 4.58. The molecule has 0 heterocycles. The average molecular weight is 281 g/mol. The highest BCUT2D eigenvalue weighted by Crippen LogP contribution is 2.09. The summed E-state index contributed by atoms with van der Waals surface area (Å²) in [7, 11) is -3.54. The van der Waals surface area contributed by atoms with Gasteiger partial charge in [0.05, 0.1) is 12.4 Å². The second-order valence-electron chi connectivity index (χ2n) is 4.27. The van der Waals surface area contributed by atoms with E-state index in [1.165, 1.54) is 0 Å². The van der Waals surface area contributed by atoms with Crippen molar-refractivity contribution in [3.05, 3.63) is 0 Å². The molecule has 0 saturated carbocycles. The monoisotopic (exact) mass is 281 g/mol. The molecule has 6 nitrogen and oxygen atoms in total. The Morgan fingerprint density at radius 3 is 2.44 bits per heavy atom. The molecule has 0 rings (SSSR count). The Hall–Kier alpha value is -0.660. The average Bonchev–Trinajstić information content (AvgIpc) is 2.24. The van der Waals surface area contributed by atoms with Gasteiger partial charge in [-0.25, -0.2) is 8.42 Å². The predicted octanol–water partition coefficient (Wildman–Crippen LogP) is 0.785. The highest BCUT2D eigenvalue weighted by atomic mass is 32.2. The zero-order chi connectivity index (χ0) is 14.2. The Labute approximate surface area is 109 Å². The van der Waals surface area contributed by atoms with Crippen molar-refractivity contribution in [3.8, 4) is 0 Å². The Morgan fingerprint density at radius 1 is 1.39 bits per heavy atom. The molecule has 0 aliphatic carbocycles. The first-order chi connectivity index (χ1) is 8.33. The van der Waals surface area contributed by atoms with E-state index in [-0.39, 0.29) is 18.2 Å². The highest BCUT2D eigenvalue weighted by molar-refractivity contribution is 7.89. The van der Waals surface area contributed by atoms with E-state index >= 15 is 0 Å². The third-order valence-electron chi connectivity index (χ3n) is 2.28.